The van der Waals surface area contributed by atoms with Crippen molar-refractivity contribution in [1.29, 1.82) is 0 Å². The van der Waals surface area contributed by atoms with Gasteiger partial charge in [0.25, 0.3) is 5.78 Å². The second-order valence-electron chi connectivity index (χ2n) is 14.1. The van der Waals surface area contributed by atoms with Gasteiger partial charge in [0, 0.05) is 97.6 Å². The number of methoxy groups -OCH3 is 1. The van der Waals surface area contributed by atoms with Crippen LogP contribution in [0.1, 0.15) is 60.0 Å². The van der Waals surface area contributed by atoms with Gasteiger partial charge in [0.05, 0.1) is 23.7 Å². The molecular formula is C39H42Br2Cl2N6O7. The van der Waals surface area contributed by atoms with E-state index in [1.54, 1.807) is 6.20 Å². The molecule has 2 aromatic heterocycles. The number of hydrogen-bond donors (Lipinski definition) is 0. The third kappa shape index (κ3) is 9.43. The number of rotatable bonds is 3. The van der Waals surface area contributed by atoms with Gasteiger partial charge in [0.1, 0.15) is 0 Å². The number of halogens is 4. The summed E-state index contributed by atoms with van der Waals surface area (Å²) in [6.45, 7) is 7.40. The zero-order valence-corrected chi connectivity index (χ0v) is 35.6. The Morgan fingerprint density at radius 1 is 0.607 bits per heavy atom. The highest BCUT2D eigenvalue weighted by molar-refractivity contribution is 9.10. The zero-order chi connectivity index (χ0) is 40.1. The quantitative estimate of drug-likeness (QED) is 0.0898. The van der Waals surface area contributed by atoms with Crippen molar-refractivity contribution in [2.75, 3.05) is 46.4 Å². The number of carbonyl (C=O) groups is 6. The molecule has 4 amide bonds. The molecule has 0 bridgehead atoms. The summed E-state index contributed by atoms with van der Waals surface area (Å²) in [5.41, 5.74) is 4.69. The van der Waals surface area contributed by atoms with Crippen LogP contribution >= 0.6 is 55.1 Å². The number of urea groups is 2. The van der Waals surface area contributed by atoms with Crippen LogP contribution in [0.25, 0.3) is 21.8 Å². The molecule has 4 aliphatic heterocycles. The van der Waals surface area contributed by atoms with Crippen LogP contribution in [0.3, 0.4) is 0 Å². The monoisotopic (exact) mass is 934 g/mol. The maximum absolute atomic E-state index is 13.0. The van der Waals surface area contributed by atoms with Gasteiger partial charge in [-0.1, -0.05) is 31.9 Å². The number of piperidine rings is 2. The average molecular weight is 938 g/mol. The minimum Gasteiger partial charge on any atom is -0.463 e. The summed E-state index contributed by atoms with van der Waals surface area (Å²) < 4.78 is 10.7. The maximum atomic E-state index is 13.0. The number of ketones is 1. The lowest BCUT2D eigenvalue weighted by Crippen LogP contribution is -2.45. The molecule has 2 fully saturated rings. The fourth-order valence-electron chi connectivity index (χ4n) is 7.80. The van der Waals surface area contributed by atoms with Crippen LogP contribution in [-0.4, -0.2) is 109 Å². The molecule has 0 saturated carbocycles. The Morgan fingerprint density at radius 2 is 1.11 bits per heavy atom. The Kier molecular flexibility index (Phi) is 13.8. The van der Waals surface area contributed by atoms with E-state index in [-0.39, 0.29) is 12.1 Å². The summed E-state index contributed by atoms with van der Waals surface area (Å²) >= 11 is 16.1. The molecule has 6 heterocycles. The smallest absolute Gasteiger partial charge is 0.379 e. The Morgan fingerprint density at radius 3 is 1.62 bits per heavy atom. The molecule has 0 unspecified atom stereocenters. The number of hydrogen-bond acceptors (Lipinski definition) is 7. The fraction of sp³-hybridized carbons (Fsp3) is 0.436. The molecule has 0 N–H and O–H groups in total. The summed E-state index contributed by atoms with van der Waals surface area (Å²) in [4.78, 5) is 76.7. The molecule has 0 aliphatic carbocycles. The van der Waals surface area contributed by atoms with Crippen molar-refractivity contribution in [2.45, 2.75) is 64.7 Å². The summed E-state index contributed by atoms with van der Waals surface area (Å²) in [5.74, 6) is -1.53. The maximum Gasteiger partial charge on any atom is 0.379 e. The first-order chi connectivity index (χ1) is 26.9. The number of carbonyl (C=O) groups excluding carboxylic acids is 6. The van der Waals surface area contributed by atoms with Gasteiger partial charge in [0.15, 0.2) is 0 Å². The Labute approximate surface area is 351 Å². The van der Waals surface area contributed by atoms with Crippen molar-refractivity contribution >= 4 is 111 Å². The number of amides is 4. The Hall–Kier alpha value is -3.92. The van der Waals surface area contributed by atoms with Gasteiger partial charge in [-0.2, -0.15) is 0 Å². The molecule has 13 nitrogen and oxygen atoms in total. The van der Waals surface area contributed by atoms with Crippen molar-refractivity contribution in [2.24, 2.45) is 0 Å². The van der Waals surface area contributed by atoms with E-state index in [2.05, 4.69) is 88.8 Å². The lowest BCUT2D eigenvalue weighted by atomic mass is 10.1. The summed E-state index contributed by atoms with van der Waals surface area (Å²) in [6.07, 6.45) is 10.7. The number of Topliss-reactive ketones (excluding diaryl/α,β-unsaturated/α-hetero) is 1. The largest absolute Gasteiger partial charge is 0.463 e. The number of aromatic nitrogens is 2. The predicted octanol–water partition coefficient (Wildman–Crippen LogP) is 7.52. The predicted molar refractivity (Wildman–Crippen MR) is 220 cm³/mol. The molecule has 298 valence electrons. The Balaban J connectivity index is 0.000000169. The van der Waals surface area contributed by atoms with Crippen molar-refractivity contribution in [3.05, 3.63) is 68.4 Å². The van der Waals surface area contributed by atoms with Gasteiger partial charge >= 0.3 is 28.5 Å². The van der Waals surface area contributed by atoms with Crippen LogP contribution < -0.4 is 0 Å². The molecule has 0 radical (unpaired) electrons. The van der Waals surface area contributed by atoms with E-state index in [1.807, 2.05) is 36.3 Å². The average Bonchev–Trinajstić information content (AvgIpc) is 3.65. The van der Waals surface area contributed by atoms with Gasteiger partial charge in [-0.25, -0.2) is 14.4 Å². The minimum atomic E-state index is -1.14. The number of nitrogens with zero attached hydrogens (tertiary/aromatic N) is 6. The van der Waals surface area contributed by atoms with Gasteiger partial charge < -0.3 is 33.5 Å². The lowest BCUT2D eigenvalue weighted by molar-refractivity contribution is -0.135. The Bertz CT molecular complexity index is 2170. The van der Waals surface area contributed by atoms with Crippen LogP contribution in [0.2, 0.25) is 0 Å². The summed E-state index contributed by atoms with van der Waals surface area (Å²) in [6, 6.07) is 10.6. The van der Waals surface area contributed by atoms with Crippen molar-refractivity contribution in [3.63, 3.8) is 0 Å². The first-order valence-electron chi connectivity index (χ1n) is 18.5. The van der Waals surface area contributed by atoms with Crippen LogP contribution in [-0.2, 0) is 45.3 Å². The fourth-order valence-corrected chi connectivity index (χ4v) is 8.83. The van der Waals surface area contributed by atoms with E-state index in [0.29, 0.717) is 37.1 Å². The summed E-state index contributed by atoms with van der Waals surface area (Å²) in [5, 5.41) is -0.336. The molecule has 0 spiro atoms. The van der Waals surface area contributed by atoms with E-state index in [0.717, 1.165) is 85.0 Å². The molecule has 2 saturated heterocycles. The van der Waals surface area contributed by atoms with Crippen LogP contribution in [0, 0.1) is 0 Å². The third-order valence-electron chi connectivity index (χ3n) is 10.4. The topological polar surface area (TPSA) is 134 Å². The molecule has 56 heavy (non-hydrogen) atoms. The highest BCUT2D eigenvalue weighted by atomic mass is 79.9. The van der Waals surface area contributed by atoms with Crippen molar-refractivity contribution < 1.29 is 33.5 Å². The van der Waals surface area contributed by atoms with E-state index in [4.69, 9.17) is 0 Å². The molecule has 17 heteroatoms. The van der Waals surface area contributed by atoms with Gasteiger partial charge in [-0.15, -0.1) is 0 Å². The zero-order valence-electron chi connectivity index (χ0n) is 30.9. The normalized spacial score (nSPS) is 16.5. The lowest BCUT2D eigenvalue weighted by Gasteiger charge is -2.32. The molecule has 2 aromatic carbocycles. The van der Waals surface area contributed by atoms with Crippen LogP contribution in [0.5, 0.6) is 0 Å². The molecule has 8 rings (SSSR count). The second kappa shape index (κ2) is 18.6. The van der Waals surface area contributed by atoms with Crippen molar-refractivity contribution in [1.82, 2.24) is 28.7 Å². The SMILES string of the molecule is COC(=O)C(=O)c1cn2c3c(cc(Br)cc13)CN(C(=O)N1CCCCC1)CC2.O=C(Cl)C(=O)Cl.O=C(N1CCCCC1)N1CCn2ccc3cc(Br)cc(c32)C1. The molecule has 4 aliphatic rings. The number of benzene rings is 2. The standard InChI is InChI=1S/C20H22BrN3O4.C17H20BrN3O.C2Cl2O2/c1-28-19(26)18(25)16-12-23-7-8-24(20(27)22-5-3-2-4-6-22)11-13-9-14(21)10-15(16)17(13)23;18-15-10-13-4-7-19-8-9-21(12-14(11-15)16(13)19)17(22)20-5-2-1-3-6-20;3-1(5)2(4)6/h9-10,12H,2-8,11H2,1H3;4,7,10-11H,1-3,5-6,8-9,12H2;. The first-order valence-corrected chi connectivity index (χ1v) is 20.9. The van der Waals surface area contributed by atoms with E-state index < -0.39 is 22.2 Å². The number of esters is 1. The minimum absolute atomic E-state index is 0.0736. The van der Waals surface area contributed by atoms with E-state index in [9.17, 15) is 28.8 Å². The summed E-state index contributed by atoms with van der Waals surface area (Å²) in [7, 11) is 1.20. The van der Waals surface area contributed by atoms with Gasteiger partial charge in [-0.3, -0.25) is 14.4 Å². The molecular weight excluding hydrogens is 895 g/mol. The van der Waals surface area contributed by atoms with E-state index in [1.165, 1.54) is 36.4 Å². The highest BCUT2D eigenvalue weighted by Gasteiger charge is 2.30. The molecule has 0 atom stereocenters. The van der Waals surface area contributed by atoms with E-state index >= 15 is 0 Å². The first kappa shape index (κ1) is 41.7. The number of likely N-dealkylation sites (tertiary alicyclic amines) is 2. The third-order valence-corrected chi connectivity index (χ3v) is 11.8. The molecule has 4 aromatic rings. The van der Waals surface area contributed by atoms with Crippen molar-refractivity contribution in [3.8, 4) is 0 Å². The van der Waals surface area contributed by atoms with Crippen LogP contribution in [0.4, 0.5) is 9.59 Å². The van der Waals surface area contributed by atoms with Gasteiger partial charge in [0.2, 0.25) is 0 Å². The second-order valence-corrected chi connectivity index (χ2v) is 16.6. The number of ether oxygens (including phenoxy) is 1. The highest BCUT2D eigenvalue weighted by Crippen LogP contribution is 2.33. The van der Waals surface area contributed by atoms with Crippen LogP contribution in [0.15, 0.2) is 51.7 Å². The van der Waals surface area contributed by atoms with Gasteiger partial charge in [-0.05, 0) is 103 Å².